The molecule has 0 rings (SSSR count). The zero-order chi connectivity index (χ0) is 8.20. The molecule has 0 saturated heterocycles. The lowest BCUT2D eigenvalue weighted by Gasteiger charge is -2.08. The fourth-order valence-corrected chi connectivity index (χ4v) is 0.283. The van der Waals surface area contributed by atoms with Crippen molar-refractivity contribution in [1.29, 1.82) is 0 Å². The lowest BCUT2D eigenvalue weighted by atomic mass is 9.98. The van der Waals surface area contributed by atoms with Crippen LogP contribution < -0.4 is 5.32 Å². The summed E-state index contributed by atoms with van der Waals surface area (Å²) in [5, 5.41) is 1.84. The smallest absolute Gasteiger partial charge is 0.279 e. The van der Waals surface area contributed by atoms with E-state index in [1.807, 2.05) is 5.32 Å². The van der Waals surface area contributed by atoms with Crippen molar-refractivity contribution in [2.45, 2.75) is 5.82 Å². The minimum atomic E-state index is -3.79. The number of amides is 1. The van der Waals surface area contributed by atoms with Gasteiger partial charge in [0.25, 0.3) is 11.7 Å². The molecule has 0 bridgehead atoms. The Bertz CT molecular complexity index is 143. The Labute approximate surface area is 58.7 Å². The first-order valence-electron chi connectivity index (χ1n) is 2.54. The summed E-state index contributed by atoms with van der Waals surface area (Å²) < 4.78 is 23.5. The van der Waals surface area contributed by atoms with Gasteiger partial charge in [-0.2, -0.15) is 0 Å². The standard InChI is InChI=1S/C5H6BF2NO/c1-2-3-9-4(10)5(6,7)8/h2H,1,3H2,(H,9,10). The van der Waals surface area contributed by atoms with E-state index in [0.717, 1.165) is 0 Å². The fraction of sp³-hybridized carbons (Fsp3) is 0.400. The van der Waals surface area contributed by atoms with Gasteiger partial charge in [0.1, 0.15) is 0 Å². The number of carbonyl (C=O) groups is 1. The van der Waals surface area contributed by atoms with Crippen LogP contribution in [0.5, 0.6) is 0 Å². The lowest BCUT2D eigenvalue weighted by Crippen LogP contribution is -2.40. The second kappa shape index (κ2) is 3.34. The first-order valence-corrected chi connectivity index (χ1v) is 2.54. The SMILES string of the molecule is [B]C(F)(F)C(=O)NCC=C. The van der Waals surface area contributed by atoms with Crippen LogP contribution in [0.4, 0.5) is 8.78 Å². The number of rotatable bonds is 3. The number of hydrogen-bond donors (Lipinski definition) is 1. The minimum Gasteiger partial charge on any atom is -0.348 e. The van der Waals surface area contributed by atoms with Gasteiger partial charge in [0.05, 0.1) is 0 Å². The van der Waals surface area contributed by atoms with Gasteiger partial charge in [-0.15, -0.1) is 6.58 Å². The van der Waals surface area contributed by atoms with Crippen molar-refractivity contribution < 1.29 is 13.6 Å². The summed E-state index contributed by atoms with van der Waals surface area (Å²) in [4.78, 5) is 10.2. The summed E-state index contributed by atoms with van der Waals surface area (Å²) >= 11 is 0. The van der Waals surface area contributed by atoms with Crippen molar-refractivity contribution in [3.8, 4) is 0 Å². The van der Waals surface area contributed by atoms with Gasteiger partial charge in [-0.05, 0) is 0 Å². The molecule has 0 heterocycles. The molecule has 0 aromatic heterocycles. The summed E-state index contributed by atoms with van der Waals surface area (Å²) in [6, 6.07) is 0. The van der Waals surface area contributed by atoms with Crippen LogP contribution in [0.3, 0.4) is 0 Å². The average molecular weight is 145 g/mol. The molecular weight excluding hydrogens is 139 g/mol. The number of hydrogen-bond acceptors (Lipinski definition) is 1. The molecular formula is C5H6BF2NO. The van der Waals surface area contributed by atoms with Crippen LogP contribution in [-0.4, -0.2) is 26.1 Å². The van der Waals surface area contributed by atoms with Crippen LogP contribution in [0.2, 0.25) is 0 Å². The molecule has 0 aromatic carbocycles. The Balaban J connectivity index is 3.74. The highest BCUT2D eigenvalue weighted by atomic mass is 19.3. The van der Waals surface area contributed by atoms with Crippen molar-refractivity contribution in [3.63, 3.8) is 0 Å². The van der Waals surface area contributed by atoms with Crippen molar-refractivity contribution >= 4 is 13.8 Å². The molecule has 0 aromatic rings. The van der Waals surface area contributed by atoms with E-state index in [2.05, 4.69) is 14.4 Å². The Hall–Kier alpha value is -0.865. The van der Waals surface area contributed by atoms with E-state index < -0.39 is 11.7 Å². The lowest BCUT2D eigenvalue weighted by molar-refractivity contribution is -0.135. The van der Waals surface area contributed by atoms with E-state index in [0.29, 0.717) is 0 Å². The number of nitrogens with one attached hydrogen (secondary N) is 1. The van der Waals surface area contributed by atoms with Gasteiger partial charge in [0.2, 0.25) is 0 Å². The maximum atomic E-state index is 11.8. The third-order valence-electron chi connectivity index (χ3n) is 0.710. The van der Waals surface area contributed by atoms with Crippen LogP contribution in [0.1, 0.15) is 0 Å². The molecule has 10 heavy (non-hydrogen) atoms. The summed E-state index contributed by atoms with van der Waals surface area (Å²) in [7, 11) is 4.14. The van der Waals surface area contributed by atoms with Gasteiger partial charge in [0.15, 0.2) is 7.85 Å². The number of carbonyl (C=O) groups excluding carboxylic acids is 1. The maximum Gasteiger partial charge on any atom is 0.279 e. The van der Waals surface area contributed by atoms with E-state index in [9.17, 15) is 13.6 Å². The summed E-state index contributed by atoms with van der Waals surface area (Å²) in [6.07, 6.45) is 1.28. The Morgan fingerprint density at radius 1 is 1.80 bits per heavy atom. The first kappa shape index (κ1) is 9.13. The second-order valence-corrected chi connectivity index (χ2v) is 1.62. The second-order valence-electron chi connectivity index (χ2n) is 1.62. The van der Waals surface area contributed by atoms with Crippen LogP contribution >= 0.6 is 0 Å². The van der Waals surface area contributed by atoms with Crippen LogP contribution in [0, 0.1) is 0 Å². The van der Waals surface area contributed by atoms with E-state index in [1.165, 1.54) is 6.08 Å². The fourth-order valence-electron chi connectivity index (χ4n) is 0.283. The molecule has 0 aliphatic heterocycles. The van der Waals surface area contributed by atoms with Crippen molar-refractivity contribution in [3.05, 3.63) is 12.7 Å². The molecule has 0 atom stereocenters. The predicted octanol–water partition coefficient (Wildman–Crippen LogP) is 0.0499. The quantitative estimate of drug-likeness (QED) is 0.441. The van der Waals surface area contributed by atoms with E-state index in [-0.39, 0.29) is 6.54 Å². The highest BCUT2D eigenvalue weighted by molar-refractivity contribution is 6.25. The molecule has 0 aliphatic rings. The molecule has 2 radical (unpaired) electrons. The van der Waals surface area contributed by atoms with Gasteiger partial charge in [0, 0.05) is 6.54 Å². The average Bonchev–Trinajstić information content (AvgIpc) is 1.80. The van der Waals surface area contributed by atoms with E-state index >= 15 is 0 Å². The Morgan fingerprint density at radius 2 is 2.30 bits per heavy atom. The summed E-state index contributed by atoms with van der Waals surface area (Å²) in [5.41, 5.74) is 0. The van der Waals surface area contributed by atoms with E-state index in [1.54, 1.807) is 0 Å². The highest BCUT2D eigenvalue weighted by Crippen LogP contribution is 2.05. The van der Waals surface area contributed by atoms with Gasteiger partial charge in [-0.1, -0.05) is 6.08 Å². The highest BCUT2D eigenvalue weighted by Gasteiger charge is 2.30. The molecule has 54 valence electrons. The van der Waals surface area contributed by atoms with Crippen LogP contribution in [-0.2, 0) is 4.79 Å². The molecule has 1 N–H and O–H groups in total. The molecule has 0 fully saturated rings. The van der Waals surface area contributed by atoms with Crippen molar-refractivity contribution in [1.82, 2.24) is 5.32 Å². The normalized spacial score (nSPS) is 10.6. The van der Waals surface area contributed by atoms with Crippen LogP contribution in [0.15, 0.2) is 12.7 Å². The first-order chi connectivity index (χ1) is 4.48. The summed E-state index contributed by atoms with van der Waals surface area (Å²) in [6.45, 7) is 3.21. The topological polar surface area (TPSA) is 29.1 Å². The zero-order valence-corrected chi connectivity index (χ0v) is 5.23. The summed E-state index contributed by atoms with van der Waals surface area (Å²) in [5.74, 6) is -5.28. The van der Waals surface area contributed by atoms with Crippen molar-refractivity contribution in [2.24, 2.45) is 0 Å². The third-order valence-corrected chi connectivity index (χ3v) is 0.710. The molecule has 0 saturated carbocycles. The Kier molecular flexibility index (Phi) is 3.05. The van der Waals surface area contributed by atoms with Gasteiger partial charge in [-0.3, -0.25) is 4.79 Å². The van der Waals surface area contributed by atoms with E-state index in [4.69, 9.17) is 0 Å². The van der Waals surface area contributed by atoms with Crippen LogP contribution in [0.25, 0.3) is 0 Å². The van der Waals surface area contributed by atoms with Crippen molar-refractivity contribution in [2.75, 3.05) is 6.54 Å². The number of halogens is 2. The van der Waals surface area contributed by atoms with Gasteiger partial charge < -0.3 is 5.32 Å². The molecule has 5 heteroatoms. The predicted molar refractivity (Wildman–Crippen MR) is 33.9 cm³/mol. The minimum absolute atomic E-state index is 0.00831. The molecule has 2 nitrogen and oxygen atoms in total. The number of alkyl halides is 2. The van der Waals surface area contributed by atoms with Gasteiger partial charge in [-0.25, -0.2) is 8.78 Å². The maximum absolute atomic E-state index is 11.8. The molecule has 0 unspecified atom stereocenters. The molecule has 0 spiro atoms. The van der Waals surface area contributed by atoms with Gasteiger partial charge >= 0.3 is 0 Å². The Morgan fingerprint density at radius 3 is 2.60 bits per heavy atom. The third kappa shape index (κ3) is 3.22. The molecule has 0 aliphatic carbocycles. The zero-order valence-electron chi connectivity index (χ0n) is 5.23. The monoisotopic (exact) mass is 145 g/mol. The largest absolute Gasteiger partial charge is 0.348 e. The molecule has 1 amide bonds.